The lowest BCUT2D eigenvalue weighted by Crippen LogP contribution is -2.44. The maximum Gasteiger partial charge on any atom is 0.125 e. The summed E-state index contributed by atoms with van der Waals surface area (Å²) >= 11 is 0. The highest BCUT2D eigenvalue weighted by Crippen LogP contribution is 2.46. The van der Waals surface area contributed by atoms with E-state index in [4.69, 9.17) is 0 Å². The number of rotatable bonds is 6. The van der Waals surface area contributed by atoms with Gasteiger partial charge in [0.1, 0.15) is 5.82 Å². The monoisotopic (exact) mass is 328 g/mol. The normalized spacial score (nSPS) is 20.3. The average Bonchev–Trinajstić information content (AvgIpc) is 3.17. The first kappa shape index (κ1) is 15.6. The molecule has 0 amide bonds. The summed E-state index contributed by atoms with van der Waals surface area (Å²) in [5.41, 5.74) is 1.44. The fourth-order valence-corrected chi connectivity index (χ4v) is 3.71. The van der Waals surface area contributed by atoms with E-state index in [9.17, 15) is 4.39 Å². The van der Waals surface area contributed by atoms with Gasteiger partial charge in [0, 0.05) is 55.7 Å². The third-order valence-corrected chi connectivity index (χ3v) is 5.47. The molecule has 128 valence electrons. The van der Waals surface area contributed by atoms with Crippen LogP contribution >= 0.6 is 0 Å². The second-order valence-electron chi connectivity index (χ2n) is 7.36. The summed E-state index contributed by atoms with van der Waals surface area (Å²) in [6.07, 6.45) is 10.7. The van der Waals surface area contributed by atoms with Gasteiger partial charge in [-0.15, -0.1) is 0 Å². The SMILES string of the molecule is Fc1cccc(N2CCC(NCC3(Cn4ccnc4)CC3)CC2)c1. The molecule has 0 bridgehead atoms. The summed E-state index contributed by atoms with van der Waals surface area (Å²) in [6, 6.07) is 7.52. The number of hydrogen-bond donors (Lipinski definition) is 1. The molecular weight excluding hydrogens is 303 g/mol. The van der Waals surface area contributed by atoms with Crippen molar-refractivity contribution in [3.8, 4) is 0 Å². The van der Waals surface area contributed by atoms with Crippen LogP contribution in [0.5, 0.6) is 0 Å². The van der Waals surface area contributed by atoms with Crippen molar-refractivity contribution in [2.45, 2.75) is 38.3 Å². The predicted molar refractivity (Wildman–Crippen MR) is 93.5 cm³/mol. The fourth-order valence-electron chi connectivity index (χ4n) is 3.71. The number of anilines is 1. The van der Waals surface area contributed by atoms with Crippen molar-refractivity contribution in [1.29, 1.82) is 0 Å². The van der Waals surface area contributed by atoms with Crippen molar-refractivity contribution in [3.63, 3.8) is 0 Å². The lowest BCUT2D eigenvalue weighted by molar-refractivity contribution is 0.337. The molecule has 1 aliphatic heterocycles. The summed E-state index contributed by atoms with van der Waals surface area (Å²) in [6.45, 7) is 4.16. The first-order valence-corrected chi connectivity index (χ1v) is 8.92. The maximum absolute atomic E-state index is 13.4. The minimum absolute atomic E-state index is 0.150. The number of aromatic nitrogens is 2. The molecule has 5 heteroatoms. The van der Waals surface area contributed by atoms with Crippen LogP contribution in [0.25, 0.3) is 0 Å². The molecule has 2 fully saturated rings. The molecule has 1 saturated carbocycles. The van der Waals surface area contributed by atoms with Gasteiger partial charge in [0.05, 0.1) is 6.33 Å². The van der Waals surface area contributed by atoms with Gasteiger partial charge in [-0.05, 0) is 43.9 Å². The van der Waals surface area contributed by atoms with Crippen LogP contribution in [0.4, 0.5) is 10.1 Å². The number of piperidine rings is 1. The summed E-state index contributed by atoms with van der Waals surface area (Å²) in [5, 5.41) is 3.79. The van der Waals surface area contributed by atoms with Gasteiger partial charge in [0.15, 0.2) is 0 Å². The molecule has 0 spiro atoms. The quantitative estimate of drug-likeness (QED) is 0.885. The third kappa shape index (κ3) is 3.61. The second kappa shape index (κ2) is 6.55. The molecule has 0 atom stereocenters. The van der Waals surface area contributed by atoms with Gasteiger partial charge in [-0.3, -0.25) is 0 Å². The highest BCUT2D eigenvalue weighted by Gasteiger charge is 2.42. The van der Waals surface area contributed by atoms with E-state index in [0.29, 0.717) is 11.5 Å². The van der Waals surface area contributed by atoms with E-state index < -0.39 is 0 Å². The molecule has 0 unspecified atom stereocenters. The van der Waals surface area contributed by atoms with E-state index in [1.54, 1.807) is 12.1 Å². The van der Waals surface area contributed by atoms with E-state index in [1.807, 2.05) is 18.6 Å². The van der Waals surface area contributed by atoms with Crippen LogP contribution in [0.15, 0.2) is 43.0 Å². The Morgan fingerprint density at radius 1 is 1.25 bits per heavy atom. The van der Waals surface area contributed by atoms with Crippen molar-refractivity contribution in [2.24, 2.45) is 5.41 Å². The van der Waals surface area contributed by atoms with Crippen LogP contribution in [0.2, 0.25) is 0 Å². The molecule has 4 rings (SSSR count). The van der Waals surface area contributed by atoms with Gasteiger partial charge in [0.2, 0.25) is 0 Å². The summed E-state index contributed by atoms with van der Waals surface area (Å²) in [4.78, 5) is 6.43. The van der Waals surface area contributed by atoms with Crippen molar-refractivity contribution in [2.75, 3.05) is 24.5 Å². The Hall–Kier alpha value is -1.88. The highest BCUT2D eigenvalue weighted by molar-refractivity contribution is 5.46. The predicted octanol–water partition coefficient (Wildman–Crippen LogP) is 3.06. The molecule has 2 aromatic rings. The van der Waals surface area contributed by atoms with Crippen LogP contribution in [-0.2, 0) is 6.54 Å². The van der Waals surface area contributed by atoms with E-state index in [-0.39, 0.29) is 5.82 Å². The first-order chi connectivity index (χ1) is 11.7. The number of imidazole rings is 1. The molecule has 2 heterocycles. The molecule has 1 aromatic carbocycles. The standard InChI is InChI=1S/C19H25FN4/c20-16-2-1-3-18(12-16)24-9-4-17(5-10-24)22-13-19(6-7-19)14-23-11-8-21-15-23/h1-3,8,11-12,15,17,22H,4-7,9-10,13-14H2. The minimum Gasteiger partial charge on any atom is -0.371 e. The molecule has 2 aliphatic rings. The zero-order chi connectivity index (χ0) is 16.4. The lowest BCUT2D eigenvalue weighted by Gasteiger charge is -2.35. The summed E-state index contributed by atoms with van der Waals surface area (Å²) in [7, 11) is 0. The van der Waals surface area contributed by atoms with Crippen LogP contribution in [0.3, 0.4) is 0 Å². The largest absolute Gasteiger partial charge is 0.371 e. The van der Waals surface area contributed by atoms with Crippen molar-refractivity contribution < 1.29 is 4.39 Å². The van der Waals surface area contributed by atoms with Gasteiger partial charge >= 0.3 is 0 Å². The number of nitrogens with zero attached hydrogens (tertiary/aromatic N) is 3. The minimum atomic E-state index is -0.150. The highest BCUT2D eigenvalue weighted by atomic mass is 19.1. The Morgan fingerprint density at radius 3 is 2.75 bits per heavy atom. The molecule has 1 N–H and O–H groups in total. The maximum atomic E-state index is 13.4. The van der Waals surface area contributed by atoms with Crippen molar-refractivity contribution >= 4 is 5.69 Å². The van der Waals surface area contributed by atoms with Gasteiger partial charge in [0.25, 0.3) is 0 Å². The molecule has 1 aromatic heterocycles. The topological polar surface area (TPSA) is 33.1 Å². The Kier molecular flexibility index (Phi) is 4.27. The van der Waals surface area contributed by atoms with Crippen molar-refractivity contribution in [3.05, 3.63) is 48.8 Å². The number of benzene rings is 1. The van der Waals surface area contributed by atoms with Crippen LogP contribution in [-0.4, -0.2) is 35.2 Å². The molecule has 1 aliphatic carbocycles. The number of nitrogens with one attached hydrogen (secondary N) is 1. The first-order valence-electron chi connectivity index (χ1n) is 8.92. The van der Waals surface area contributed by atoms with Crippen LogP contribution in [0, 0.1) is 11.2 Å². The van der Waals surface area contributed by atoms with E-state index in [1.165, 1.54) is 18.9 Å². The lowest BCUT2D eigenvalue weighted by atomic mass is 10.0. The van der Waals surface area contributed by atoms with Crippen LogP contribution in [0.1, 0.15) is 25.7 Å². The Bertz CT molecular complexity index is 658. The number of hydrogen-bond acceptors (Lipinski definition) is 3. The average molecular weight is 328 g/mol. The van der Waals surface area contributed by atoms with E-state index in [2.05, 4.69) is 26.0 Å². The Morgan fingerprint density at radius 2 is 2.08 bits per heavy atom. The zero-order valence-electron chi connectivity index (χ0n) is 14.0. The van der Waals surface area contributed by atoms with Gasteiger partial charge in [-0.1, -0.05) is 6.07 Å². The summed E-state index contributed by atoms with van der Waals surface area (Å²) in [5.74, 6) is -0.150. The fraction of sp³-hybridized carbons (Fsp3) is 0.526. The second-order valence-corrected chi connectivity index (χ2v) is 7.36. The van der Waals surface area contributed by atoms with E-state index in [0.717, 1.165) is 44.7 Å². The summed E-state index contributed by atoms with van der Waals surface area (Å²) < 4.78 is 15.6. The molecule has 24 heavy (non-hydrogen) atoms. The Balaban J connectivity index is 1.25. The van der Waals surface area contributed by atoms with Gasteiger partial charge < -0.3 is 14.8 Å². The Labute approximate surface area is 142 Å². The van der Waals surface area contributed by atoms with Gasteiger partial charge in [-0.25, -0.2) is 9.37 Å². The number of halogens is 1. The van der Waals surface area contributed by atoms with Crippen molar-refractivity contribution in [1.82, 2.24) is 14.9 Å². The molecule has 1 saturated heterocycles. The smallest absolute Gasteiger partial charge is 0.125 e. The van der Waals surface area contributed by atoms with Crippen LogP contribution < -0.4 is 10.2 Å². The molecular formula is C19H25FN4. The van der Waals surface area contributed by atoms with Gasteiger partial charge in [-0.2, -0.15) is 0 Å². The zero-order valence-corrected chi connectivity index (χ0v) is 14.0. The third-order valence-electron chi connectivity index (χ3n) is 5.47. The molecule has 0 radical (unpaired) electrons. The van der Waals surface area contributed by atoms with E-state index >= 15 is 0 Å². The molecule has 4 nitrogen and oxygen atoms in total.